The molecule has 3 heterocycles. The molecule has 1 aliphatic rings. The van der Waals surface area contributed by atoms with E-state index in [1.165, 1.54) is 6.08 Å². The Morgan fingerprint density at radius 1 is 1.35 bits per heavy atom. The molecule has 0 spiro atoms. The number of hydrogen-bond donors (Lipinski definition) is 3. The fraction of sp³-hybridized carbons (Fsp3) is 0.280. The molecule has 1 aliphatic heterocycles. The zero-order valence-corrected chi connectivity index (χ0v) is 19.0. The Balaban J connectivity index is 1.40. The first-order chi connectivity index (χ1) is 16.3. The molecule has 3 N–H and O–H groups in total. The Morgan fingerprint density at radius 3 is 2.91 bits per heavy atom. The number of carboxylic acid groups (broad SMARTS) is 1. The second kappa shape index (κ2) is 9.78. The molecule has 1 unspecified atom stereocenters. The van der Waals surface area contributed by atoms with Crippen LogP contribution in [-0.2, 0) is 22.6 Å². The van der Waals surface area contributed by atoms with Crippen LogP contribution in [0.4, 0.5) is 10.6 Å². The first-order valence-electron chi connectivity index (χ1n) is 11.0. The van der Waals surface area contributed by atoms with Crippen molar-refractivity contribution in [3.8, 4) is 0 Å². The van der Waals surface area contributed by atoms with Crippen LogP contribution in [0.3, 0.4) is 0 Å². The van der Waals surface area contributed by atoms with Crippen LogP contribution in [0.15, 0.2) is 47.0 Å². The molecule has 3 amide bonds. The van der Waals surface area contributed by atoms with Gasteiger partial charge in [-0.1, -0.05) is 18.2 Å². The van der Waals surface area contributed by atoms with E-state index in [2.05, 4.69) is 15.6 Å². The molecular formula is C25H26N4O5. The number of para-hydroxylation sites is 1. The lowest BCUT2D eigenvalue weighted by molar-refractivity contribution is -0.125. The van der Waals surface area contributed by atoms with Crippen LogP contribution in [0.25, 0.3) is 17.0 Å². The first kappa shape index (κ1) is 23.0. The van der Waals surface area contributed by atoms with Crippen molar-refractivity contribution in [2.24, 2.45) is 5.92 Å². The van der Waals surface area contributed by atoms with Gasteiger partial charge in [0.2, 0.25) is 11.8 Å². The highest BCUT2D eigenvalue weighted by molar-refractivity contribution is 5.95. The molecule has 0 radical (unpaired) electrons. The molecule has 9 heteroatoms. The number of carbonyl (C=O) groups excluding carboxylic acids is 2. The van der Waals surface area contributed by atoms with E-state index in [9.17, 15) is 14.4 Å². The second-order valence-corrected chi connectivity index (χ2v) is 8.36. The average molecular weight is 463 g/mol. The summed E-state index contributed by atoms with van der Waals surface area (Å²) in [4.78, 5) is 41.4. The Hall–Kier alpha value is -4.14. The first-order valence-corrected chi connectivity index (χ1v) is 11.0. The number of aryl methyl sites for hydroxylation is 1. The average Bonchev–Trinajstić information content (AvgIpc) is 3.12. The highest BCUT2D eigenvalue weighted by atomic mass is 16.4. The number of nitrogens with one attached hydrogen (secondary N) is 2. The van der Waals surface area contributed by atoms with Gasteiger partial charge in [0.15, 0.2) is 0 Å². The van der Waals surface area contributed by atoms with Gasteiger partial charge in [0, 0.05) is 42.7 Å². The molecule has 176 valence electrons. The van der Waals surface area contributed by atoms with Crippen LogP contribution in [-0.4, -0.2) is 46.5 Å². The molecule has 0 fully saturated rings. The Kier molecular flexibility index (Phi) is 6.62. The molecule has 34 heavy (non-hydrogen) atoms. The molecule has 1 atom stereocenters. The number of rotatable bonds is 7. The minimum absolute atomic E-state index is 0.173. The third-order valence-electron chi connectivity index (χ3n) is 5.95. The fourth-order valence-electron chi connectivity index (χ4n) is 4.02. The summed E-state index contributed by atoms with van der Waals surface area (Å²) in [5, 5.41) is 14.8. The monoisotopic (exact) mass is 462 g/mol. The predicted molar refractivity (Wildman–Crippen MR) is 127 cm³/mol. The van der Waals surface area contributed by atoms with E-state index in [0.717, 1.165) is 33.4 Å². The van der Waals surface area contributed by atoms with E-state index in [1.807, 2.05) is 37.3 Å². The minimum atomic E-state index is -1.11. The summed E-state index contributed by atoms with van der Waals surface area (Å²) in [6.45, 7) is 2.53. The van der Waals surface area contributed by atoms with Crippen molar-refractivity contribution in [3.05, 3.63) is 65.1 Å². The number of benzene rings is 1. The van der Waals surface area contributed by atoms with Gasteiger partial charge < -0.3 is 25.1 Å². The van der Waals surface area contributed by atoms with E-state index in [4.69, 9.17) is 9.52 Å². The van der Waals surface area contributed by atoms with Crippen molar-refractivity contribution in [3.63, 3.8) is 0 Å². The number of fused-ring (bicyclic) bond motifs is 2. The Morgan fingerprint density at radius 2 is 2.15 bits per heavy atom. The van der Waals surface area contributed by atoms with Crippen LogP contribution in [0.1, 0.15) is 28.9 Å². The maximum Gasteiger partial charge on any atom is 0.404 e. The number of aromatic nitrogens is 1. The highest BCUT2D eigenvalue weighted by Gasteiger charge is 2.27. The van der Waals surface area contributed by atoms with Gasteiger partial charge in [-0.2, -0.15) is 0 Å². The van der Waals surface area contributed by atoms with Crippen LogP contribution >= 0.6 is 0 Å². The van der Waals surface area contributed by atoms with E-state index in [0.29, 0.717) is 25.2 Å². The maximum atomic E-state index is 12.7. The molecule has 3 aromatic rings. The molecule has 9 nitrogen and oxygen atoms in total. The SMILES string of the molecule is Cc1c(CN(C)C(=O)C=Cc2cnc3c(c2)CC(CCNC(=O)O)C(=O)N3)oc2ccccc12. The van der Waals surface area contributed by atoms with Gasteiger partial charge in [-0.25, -0.2) is 9.78 Å². The van der Waals surface area contributed by atoms with Crippen LogP contribution in [0.5, 0.6) is 0 Å². The molecule has 0 saturated heterocycles. The van der Waals surface area contributed by atoms with Gasteiger partial charge in [0.25, 0.3) is 0 Å². The fourth-order valence-corrected chi connectivity index (χ4v) is 4.02. The zero-order valence-electron chi connectivity index (χ0n) is 19.0. The Bertz CT molecular complexity index is 1280. The number of nitrogens with zero attached hydrogens (tertiary/aromatic N) is 2. The summed E-state index contributed by atoms with van der Waals surface area (Å²) in [6, 6.07) is 9.66. The van der Waals surface area contributed by atoms with Crippen molar-refractivity contribution >= 4 is 40.8 Å². The molecule has 4 rings (SSSR count). The van der Waals surface area contributed by atoms with E-state index in [1.54, 1.807) is 24.2 Å². The standard InChI is InChI=1S/C25H26N4O5/c1-15-19-5-3-4-6-20(19)34-21(15)14-29(2)22(30)8-7-16-11-18-12-17(9-10-26-25(32)33)24(31)28-23(18)27-13-16/h3-8,11,13,17,26H,9-10,12,14H2,1-2H3,(H,32,33)(H,27,28,31). The quantitative estimate of drug-likeness (QED) is 0.461. The topological polar surface area (TPSA) is 125 Å². The lowest BCUT2D eigenvalue weighted by Crippen LogP contribution is -2.34. The number of likely N-dealkylation sites (N-methyl/N-ethyl adjacent to an activating group) is 1. The lowest BCUT2D eigenvalue weighted by Gasteiger charge is -2.24. The summed E-state index contributed by atoms with van der Waals surface area (Å²) < 4.78 is 5.90. The van der Waals surface area contributed by atoms with Crippen molar-refractivity contribution < 1.29 is 23.9 Å². The van der Waals surface area contributed by atoms with E-state index in [-0.39, 0.29) is 24.3 Å². The zero-order chi connectivity index (χ0) is 24.2. The van der Waals surface area contributed by atoms with Crippen LogP contribution in [0.2, 0.25) is 0 Å². The second-order valence-electron chi connectivity index (χ2n) is 8.36. The predicted octanol–water partition coefficient (Wildman–Crippen LogP) is 3.58. The normalized spacial score (nSPS) is 15.2. The molecule has 0 saturated carbocycles. The number of anilines is 1. The smallest absolute Gasteiger partial charge is 0.404 e. The largest absolute Gasteiger partial charge is 0.465 e. The summed E-state index contributed by atoms with van der Waals surface area (Å²) in [7, 11) is 1.72. The molecule has 0 bridgehead atoms. The molecule has 1 aromatic carbocycles. The van der Waals surface area contributed by atoms with Crippen molar-refractivity contribution in [2.75, 3.05) is 18.9 Å². The minimum Gasteiger partial charge on any atom is -0.465 e. The number of amides is 3. The molecule has 0 aliphatic carbocycles. The van der Waals surface area contributed by atoms with Gasteiger partial charge in [0.05, 0.1) is 6.54 Å². The Labute approximate surface area is 196 Å². The lowest BCUT2D eigenvalue weighted by atomic mass is 9.91. The maximum absolute atomic E-state index is 12.7. The summed E-state index contributed by atoms with van der Waals surface area (Å²) >= 11 is 0. The molecular weight excluding hydrogens is 436 g/mol. The third kappa shape index (κ3) is 5.09. The van der Waals surface area contributed by atoms with Gasteiger partial charge >= 0.3 is 6.09 Å². The van der Waals surface area contributed by atoms with Crippen LogP contribution < -0.4 is 10.6 Å². The third-order valence-corrected chi connectivity index (χ3v) is 5.95. The summed E-state index contributed by atoms with van der Waals surface area (Å²) in [5.41, 5.74) is 3.41. The number of pyridine rings is 1. The van der Waals surface area contributed by atoms with Crippen LogP contribution in [0, 0.1) is 12.8 Å². The van der Waals surface area contributed by atoms with E-state index < -0.39 is 6.09 Å². The number of furan rings is 1. The van der Waals surface area contributed by atoms with Crippen molar-refractivity contribution in [1.82, 2.24) is 15.2 Å². The van der Waals surface area contributed by atoms with E-state index >= 15 is 0 Å². The van der Waals surface area contributed by atoms with Gasteiger partial charge in [-0.3, -0.25) is 9.59 Å². The van der Waals surface area contributed by atoms with Crippen molar-refractivity contribution in [2.45, 2.75) is 26.3 Å². The number of hydrogen-bond acceptors (Lipinski definition) is 5. The van der Waals surface area contributed by atoms with Gasteiger partial charge in [-0.05, 0) is 49.1 Å². The van der Waals surface area contributed by atoms with Crippen molar-refractivity contribution in [1.29, 1.82) is 0 Å². The highest BCUT2D eigenvalue weighted by Crippen LogP contribution is 2.27. The molecule has 2 aromatic heterocycles. The summed E-state index contributed by atoms with van der Waals surface area (Å²) in [5.74, 6) is 0.547. The van der Waals surface area contributed by atoms with Gasteiger partial charge in [0.1, 0.15) is 17.2 Å². The summed E-state index contributed by atoms with van der Waals surface area (Å²) in [6.07, 6.45) is 4.50. The number of carbonyl (C=O) groups is 3. The van der Waals surface area contributed by atoms with Gasteiger partial charge in [-0.15, -0.1) is 0 Å².